The van der Waals surface area contributed by atoms with Crippen molar-refractivity contribution in [3.05, 3.63) is 53.6 Å². The molecule has 0 aromatic heterocycles. The van der Waals surface area contributed by atoms with E-state index in [0.29, 0.717) is 6.54 Å². The molecule has 0 bridgehead atoms. The van der Waals surface area contributed by atoms with Crippen molar-refractivity contribution in [2.75, 3.05) is 42.5 Å². The molecular weight excluding hydrogens is 398 g/mol. The first kappa shape index (κ1) is 20.8. The van der Waals surface area contributed by atoms with Crippen LogP contribution in [-0.4, -0.2) is 54.0 Å². The Kier molecular flexibility index (Phi) is 6.29. The van der Waals surface area contributed by atoms with Gasteiger partial charge in [0.15, 0.2) is 0 Å². The molecule has 2 aromatic carbocycles. The number of rotatable bonds is 6. The minimum atomic E-state index is -0.933. The smallest absolute Gasteiger partial charge is 0.303 e. The van der Waals surface area contributed by atoms with Crippen molar-refractivity contribution in [3.8, 4) is 0 Å². The fourth-order valence-electron chi connectivity index (χ4n) is 4.05. The first-order chi connectivity index (χ1) is 14.5. The molecular formula is C23H27N3O3S. The summed E-state index contributed by atoms with van der Waals surface area (Å²) >= 11 is 1.78. The number of hydrogen-bond donors (Lipinski definition) is 1. The van der Waals surface area contributed by atoms with Crippen LogP contribution in [0.3, 0.4) is 0 Å². The summed E-state index contributed by atoms with van der Waals surface area (Å²) in [6.07, 6.45) is 0.757. The zero-order chi connectivity index (χ0) is 21.1. The highest BCUT2D eigenvalue weighted by molar-refractivity contribution is 7.97. The lowest BCUT2D eigenvalue weighted by atomic mass is 10.2. The Morgan fingerprint density at radius 2 is 1.80 bits per heavy atom. The van der Waals surface area contributed by atoms with E-state index in [4.69, 9.17) is 5.11 Å². The van der Waals surface area contributed by atoms with Crippen molar-refractivity contribution in [1.29, 1.82) is 0 Å². The molecule has 158 valence electrons. The molecule has 30 heavy (non-hydrogen) atoms. The number of carboxylic acids is 1. The van der Waals surface area contributed by atoms with E-state index in [-0.39, 0.29) is 18.7 Å². The van der Waals surface area contributed by atoms with Gasteiger partial charge in [0.1, 0.15) is 0 Å². The van der Waals surface area contributed by atoms with Crippen LogP contribution in [-0.2, 0) is 16.0 Å². The lowest BCUT2D eigenvalue weighted by Crippen LogP contribution is -2.43. The highest BCUT2D eigenvalue weighted by atomic mass is 32.2. The van der Waals surface area contributed by atoms with Crippen LogP contribution in [0.1, 0.15) is 24.0 Å². The third kappa shape index (κ3) is 4.79. The number of fused-ring (bicyclic) bond motifs is 1. The maximum absolute atomic E-state index is 12.3. The fourth-order valence-corrected chi connectivity index (χ4v) is 5.02. The summed E-state index contributed by atoms with van der Waals surface area (Å²) < 4.78 is 2.40. The summed E-state index contributed by atoms with van der Waals surface area (Å²) in [7, 11) is 0. The Morgan fingerprint density at radius 3 is 2.53 bits per heavy atom. The number of carbonyl (C=O) groups excluding carboxylic acids is 1. The van der Waals surface area contributed by atoms with E-state index >= 15 is 0 Å². The fraction of sp³-hybridized carbons (Fsp3) is 0.391. The summed E-state index contributed by atoms with van der Waals surface area (Å²) in [6, 6.07) is 14.9. The largest absolute Gasteiger partial charge is 0.481 e. The maximum atomic E-state index is 12.3. The van der Waals surface area contributed by atoms with Crippen molar-refractivity contribution in [2.24, 2.45) is 0 Å². The number of aliphatic carboxylic acids is 1. The summed E-state index contributed by atoms with van der Waals surface area (Å²) in [5.41, 5.74) is 4.68. The number of aryl methyl sites for hydroxylation is 1. The average molecular weight is 426 g/mol. The number of benzene rings is 2. The first-order valence-electron chi connectivity index (χ1n) is 10.4. The van der Waals surface area contributed by atoms with E-state index in [2.05, 4.69) is 52.5 Å². The topological polar surface area (TPSA) is 64.1 Å². The zero-order valence-electron chi connectivity index (χ0n) is 17.2. The zero-order valence-corrected chi connectivity index (χ0v) is 18.0. The molecule has 0 spiro atoms. The number of carbonyl (C=O) groups is 2. The Morgan fingerprint density at radius 1 is 1.00 bits per heavy atom. The van der Waals surface area contributed by atoms with Crippen LogP contribution in [0, 0.1) is 6.92 Å². The van der Waals surface area contributed by atoms with Crippen molar-refractivity contribution in [3.63, 3.8) is 0 Å². The molecule has 2 aliphatic rings. The summed E-state index contributed by atoms with van der Waals surface area (Å²) in [6.45, 7) is 6.77. The maximum Gasteiger partial charge on any atom is 0.303 e. The second-order valence-corrected chi connectivity index (χ2v) is 9.00. The van der Waals surface area contributed by atoms with Gasteiger partial charge in [-0.2, -0.15) is 0 Å². The molecule has 0 atom stereocenters. The van der Waals surface area contributed by atoms with Crippen LogP contribution in [0.25, 0.3) is 0 Å². The van der Waals surface area contributed by atoms with Gasteiger partial charge in [-0.1, -0.05) is 12.1 Å². The second-order valence-electron chi connectivity index (χ2n) is 7.83. The Hall–Kier alpha value is -2.51. The molecule has 7 heteroatoms. The van der Waals surface area contributed by atoms with E-state index in [9.17, 15) is 9.59 Å². The van der Waals surface area contributed by atoms with Crippen LogP contribution in [0.2, 0.25) is 0 Å². The van der Waals surface area contributed by atoms with E-state index < -0.39 is 5.97 Å². The third-order valence-corrected chi connectivity index (χ3v) is 6.73. The molecule has 0 saturated carbocycles. The van der Waals surface area contributed by atoms with Crippen molar-refractivity contribution in [1.82, 2.24) is 4.31 Å². The number of amides is 1. The second kappa shape index (κ2) is 9.10. The van der Waals surface area contributed by atoms with Gasteiger partial charge in [-0.15, -0.1) is 0 Å². The van der Waals surface area contributed by atoms with Gasteiger partial charge in [0.25, 0.3) is 0 Å². The van der Waals surface area contributed by atoms with Crippen LogP contribution in [0.4, 0.5) is 11.4 Å². The molecule has 1 N–H and O–H groups in total. The highest BCUT2D eigenvalue weighted by Gasteiger charge is 2.26. The van der Waals surface area contributed by atoms with Crippen LogP contribution in [0.5, 0.6) is 0 Å². The standard InChI is InChI=1S/C23H27N3O3S/c1-17-3-2-4-19(15-17)24-11-13-25(14-12-24)30-20-5-6-21-18(16-20)9-10-26(21)22(27)7-8-23(28)29/h2-6,15-16H,7-14H2,1H3,(H,28,29). The van der Waals surface area contributed by atoms with Gasteiger partial charge in [-0.05, 0) is 66.8 Å². The predicted octanol–water partition coefficient (Wildman–Crippen LogP) is 3.58. The molecule has 2 heterocycles. The number of carboxylic acid groups (broad SMARTS) is 1. The van der Waals surface area contributed by atoms with Crippen LogP contribution < -0.4 is 9.80 Å². The van der Waals surface area contributed by atoms with Crippen molar-refractivity contribution < 1.29 is 14.7 Å². The molecule has 1 fully saturated rings. The minimum absolute atomic E-state index is 0.0521. The van der Waals surface area contributed by atoms with E-state index in [0.717, 1.165) is 38.3 Å². The van der Waals surface area contributed by atoms with Gasteiger partial charge in [0, 0.05) is 55.4 Å². The van der Waals surface area contributed by atoms with Gasteiger partial charge >= 0.3 is 5.97 Å². The van der Waals surface area contributed by atoms with Gasteiger partial charge in [0.05, 0.1) is 6.42 Å². The van der Waals surface area contributed by atoms with E-state index in [1.54, 1.807) is 16.8 Å². The molecule has 0 aliphatic carbocycles. The number of piperazine rings is 1. The quantitative estimate of drug-likeness (QED) is 0.714. The van der Waals surface area contributed by atoms with Gasteiger partial charge in [-0.25, -0.2) is 4.31 Å². The normalized spacial score (nSPS) is 16.6. The van der Waals surface area contributed by atoms with Crippen LogP contribution in [0.15, 0.2) is 47.4 Å². The van der Waals surface area contributed by atoms with Gasteiger partial charge < -0.3 is 14.9 Å². The average Bonchev–Trinajstić information content (AvgIpc) is 3.16. The van der Waals surface area contributed by atoms with E-state index in [1.807, 2.05) is 6.07 Å². The molecule has 0 unspecified atom stereocenters. The summed E-state index contributed by atoms with van der Waals surface area (Å²) in [5, 5.41) is 8.80. The number of anilines is 2. The monoisotopic (exact) mass is 425 g/mol. The predicted molar refractivity (Wildman–Crippen MR) is 120 cm³/mol. The molecule has 0 radical (unpaired) electrons. The highest BCUT2D eigenvalue weighted by Crippen LogP contribution is 2.34. The lowest BCUT2D eigenvalue weighted by molar-refractivity contribution is -0.138. The molecule has 4 rings (SSSR count). The molecule has 1 saturated heterocycles. The lowest BCUT2D eigenvalue weighted by Gasteiger charge is -2.35. The Labute approximate surface area is 181 Å². The minimum Gasteiger partial charge on any atom is -0.481 e. The first-order valence-corrected chi connectivity index (χ1v) is 11.2. The molecule has 6 nitrogen and oxygen atoms in total. The third-order valence-electron chi connectivity index (χ3n) is 5.64. The number of hydrogen-bond acceptors (Lipinski definition) is 5. The van der Waals surface area contributed by atoms with Crippen LogP contribution >= 0.6 is 11.9 Å². The Bertz CT molecular complexity index is 941. The summed E-state index contributed by atoms with van der Waals surface area (Å²) in [4.78, 5) is 28.4. The van der Waals surface area contributed by atoms with E-state index in [1.165, 1.54) is 21.7 Å². The summed E-state index contributed by atoms with van der Waals surface area (Å²) in [5.74, 6) is -1.04. The molecule has 1 amide bonds. The molecule has 2 aromatic rings. The van der Waals surface area contributed by atoms with Gasteiger partial charge in [-0.3, -0.25) is 9.59 Å². The SMILES string of the molecule is Cc1cccc(N2CCN(Sc3ccc4c(c3)CCN4C(=O)CCC(=O)O)CC2)c1. The Balaban J connectivity index is 1.33. The van der Waals surface area contributed by atoms with Crippen molar-refractivity contribution in [2.45, 2.75) is 31.1 Å². The van der Waals surface area contributed by atoms with Crippen molar-refractivity contribution >= 4 is 35.2 Å². The van der Waals surface area contributed by atoms with Gasteiger partial charge in [0.2, 0.25) is 5.91 Å². The molecule has 2 aliphatic heterocycles. The number of nitrogens with zero attached hydrogens (tertiary/aromatic N) is 3.